The molecular weight excluding hydrogens is 408 g/mol. The molecule has 1 aliphatic rings. The Morgan fingerprint density at radius 1 is 1.10 bits per heavy atom. The number of sulfonamides is 1. The van der Waals surface area contributed by atoms with Crippen LogP contribution in [0, 0.1) is 5.92 Å². The Bertz CT molecular complexity index is 1000. The molecule has 0 aliphatic carbocycles. The van der Waals surface area contributed by atoms with E-state index >= 15 is 0 Å². The lowest BCUT2D eigenvalue weighted by molar-refractivity contribution is -0.151. The van der Waals surface area contributed by atoms with Crippen molar-refractivity contribution in [3.63, 3.8) is 0 Å². The predicted molar refractivity (Wildman–Crippen MR) is 109 cm³/mol. The number of rotatable bonds is 7. The topological polar surface area (TPSA) is 116 Å². The first-order valence-electron chi connectivity index (χ1n) is 9.51. The van der Waals surface area contributed by atoms with E-state index in [-0.39, 0.29) is 18.0 Å². The number of amides is 1. The first kappa shape index (κ1) is 21.8. The molecule has 0 saturated carbocycles. The van der Waals surface area contributed by atoms with Crippen molar-refractivity contribution in [2.24, 2.45) is 11.7 Å². The van der Waals surface area contributed by atoms with Crippen LogP contribution in [0.3, 0.4) is 0 Å². The Hall–Kier alpha value is -2.91. The fourth-order valence-corrected chi connectivity index (χ4v) is 4.81. The summed E-state index contributed by atoms with van der Waals surface area (Å²) in [4.78, 5) is 23.8. The second-order valence-electron chi connectivity index (χ2n) is 7.05. The lowest BCUT2D eigenvalue weighted by Gasteiger charge is -2.30. The van der Waals surface area contributed by atoms with Gasteiger partial charge in [0.1, 0.15) is 12.4 Å². The van der Waals surface area contributed by atoms with E-state index in [9.17, 15) is 18.0 Å². The highest BCUT2D eigenvalue weighted by Gasteiger charge is 2.34. The van der Waals surface area contributed by atoms with E-state index in [4.69, 9.17) is 15.2 Å². The van der Waals surface area contributed by atoms with Crippen molar-refractivity contribution in [1.29, 1.82) is 0 Å². The standard InChI is InChI=1S/C21H24N2O6S/c1-28-18-8-10-19(11-9-18)30(26,27)23-12-2-3-17(13-23)21(25)29-14-15-4-6-16(7-5-15)20(22)24/h4-11,17H,2-3,12-14H2,1H3,(H2,22,24). The molecule has 1 heterocycles. The molecule has 0 aromatic heterocycles. The Morgan fingerprint density at radius 3 is 2.37 bits per heavy atom. The highest BCUT2D eigenvalue weighted by atomic mass is 32.2. The van der Waals surface area contributed by atoms with Crippen molar-refractivity contribution in [3.8, 4) is 5.75 Å². The van der Waals surface area contributed by atoms with Crippen molar-refractivity contribution < 1.29 is 27.5 Å². The molecule has 0 radical (unpaired) electrons. The largest absolute Gasteiger partial charge is 0.497 e. The summed E-state index contributed by atoms with van der Waals surface area (Å²) in [5.74, 6) is -0.933. The van der Waals surface area contributed by atoms with Crippen LogP contribution in [0.5, 0.6) is 5.75 Å². The van der Waals surface area contributed by atoms with Gasteiger partial charge in [-0.1, -0.05) is 12.1 Å². The second kappa shape index (κ2) is 9.27. The summed E-state index contributed by atoms with van der Waals surface area (Å²) in [6.07, 6.45) is 1.14. The molecule has 9 heteroatoms. The third-order valence-corrected chi connectivity index (χ3v) is 6.91. The number of hydrogen-bond acceptors (Lipinski definition) is 6. The van der Waals surface area contributed by atoms with Crippen molar-refractivity contribution in [1.82, 2.24) is 4.31 Å². The number of carbonyl (C=O) groups excluding carboxylic acids is 2. The molecule has 1 amide bonds. The zero-order valence-corrected chi connectivity index (χ0v) is 17.4. The normalized spacial score (nSPS) is 17.3. The van der Waals surface area contributed by atoms with Crippen molar-refractivity contribution in [2.75, 3.05) is 20.2 Å². The molecule has 8 nitrogen and oxygen atoms in total. The van der Waals surface area contributed by atoms with Crippen LogP contribution < -0.4 is 10.5 Å². The number of ether oxygens (including phenoxy) is 2. The van der Waals surface area contributed by atoms with E-state index < -0.39 is 27.8 Å². The maximum atomic E-state index is 12.9. The number of nitrogens with two attached hydrogens (primary N) is 1. The molecule has 30 heavy (non-hydrogen) atoms. The number of primary amides is 1. The van der Waals surface area contributed by atoms with Gasteiger partial charge in [0.05, 0.1) is 17.9 Å². The maximum Gasteiger partial charge on any atom is 0.310 e. The van der Waals surface area contributed by atoms with Gasteiger partial charge in [0.25, 0.3) is 0 Å². The lowest BCUT2D eigenvalue weighted by atomic mass is 10.00. The number of hydrogen-bond donors (Lipinski definition) is 1. The average Bonchev–Trinajstić information content (AvgIpc) is 2.77. The third-order valence-electron chi connectivity index (χ3n) is 5.03. The lowest BCUT2D eigenvalue weighted by Crippen LogP contribution is -2.42. The minimum absolute atomic E-state index is 0.0413. The summed E-state index contributed by atoms with van der Waals surface area (Å²) in [7, 11) is -2.20. The molecule has 1 aliphatic heterocycles. The van der Waals surface area contributed by atoms with E-state index in [1.165, 1.54) is 23.5 Å². The Kier molecular flexibility index (Phi) is 6.73. The monoisotopic (exact) mass is 432 g/mol. The Balaban J connectivity index is 1.61. The smallest absolute Gasteiger partial charge is 0.310 e. The molecule has 2 aromatic carbocycles. The van der Waals surface area contributed by atoms with Crippen LogP contribution in [-0.4, -0.2) is 44.8 Å². The van der Waals surface area contributed by atoms with Crippen LogP contribution in [-0.2, 0) is 26.2 Å². The highest BCUT2D eigenvalue weighted by Crippen LogP contribution is 2.26. The molecule has 0 bridgehead atoms. The van der Waals surface area contributed by atoms with Crippen LogP contribution in [0.25, 0.3) is 0 Å². The Labute approximate surface area is 175 Å². The number of piperidine rings is 1. The fraction of sp³-hybridized carbons (Fsp3) is 0.333. The van der Waals surface area contributed by atoms with Gasteiger partial charge in [0, 0.05) is 18.7 Å². The number of carbonyl (C=O) groups is 2. The number of benzene rings is 2. The summed E-state index contributed by atoms with van der Waals surface area (Å²) in [5.41, 5.74) is 6.29. The molecule has 1 fully saturated rings. The van der Waals surface area contributed by atoms with Gasteiger partial charge < -0.3 is 15.2 Å². The van der Waals surface area contributed by atoms with Crippen LogP contribution in [0.2, 0.25) is 0 Å². The zero-order chi connectivity index (χ0) is 21.7. The maximum absolute atomic E-state index is 12.9. The molecule has 0 spiro atoms. The first-order chi connectivity index (χ1) is 14.3. The van der Waals surface area contributed by atoms with Gasteiger partial charge in [0.15, 0.2) is 0 Å². The molecule has 2 aromatic rings. The second-order valence-corrected chi connectivity index (χ2v) is 8.98. The van der Waals surface area contributed by atoms with Crippen LogP contribution >= 0.6 is 0 Å². The molecular formula is C21H24N2O6S. The molecule has 3 rings (SSSR count). The molecule has 1 saturated heterocycles. The summed E-state index contributed by atoms with van der Waals surface area (Å²) in [6, 6.07) is 12.6. The number of nitrogens with zero attached hydrogens (tertiary/aromatic N) is 1. The third kappa shape index (κ3) is 4.98. The molecule has 1 atom stereocenters. The van der Waals surface area contributed by atoms with Gasteiger partial charge in [-0.2, -0.15) is 4.31 Å². The SMILES string of the molecule is COc1ccc(S(=O)(=O)N2CCCC(C(=O)OCc3ccc(C(N)=O)cc3)C2)cc1. The van der Waals surface area contributed by atoms with Crippen LogP contribution in [0.4, 0.5) is 0 Å². The van der Waals surface area contributed by atoms with Crippen LogP contribution in [0.15, 0.2) is 53.4 Å². The van der Waals surface area contributed by atoms with Gasteiger partial charge in [0.2, 0.25) is 15.9 Å². The van der Waals surface area contributed by atoms with E-state index in [1.54, 1.807) is 36.4 Å². The number of methoxy groups -OCH3 is 1. The van der Waals surface area contributed by atoms with Crippen molar-refractivity contribution in [3.05, 3.63) is 59.7 Å². The van der Waals surface area contributed by atoms with E-state index in [2.05, 4.69) is 0 Å². The van der Waals surface area contributed by atoms with Crippen molar-refractivity contribution >= 4 is 21.9 Å². The summed E-state index contributed by atoms with van der Waals surface area (Å²) >= 11 is 0. The number of esters is 1. The molecule has 1 unspecified atom stereocenters. The van der Waals surface area contributed by atoms with Crippen LogP contribution in [0.1, 0.15) is 28.8 Å². The first-order valence-corrected chi connectivity index (χ1v) is 10.9. The summed E-state index contributed by atoms with van der Waals surface area (Å²) in [5, 5.41) is 0. The minimum Gasteiger partial charge on any atom is -0.497 e. The quantitative estimate of drug-likeness (QED) is 0.669. The van der Waals surface area contributed by atoms with E-state index in [0.717, 1.165) is 0 Å². The highest BCUT2D eigenvalue weighted by molar-refractivity contribution is 7.89. The predicted octanol–water partition coefficient (Wildman–Crippen LogP) is 1.94. The summed E-state index contributed by atoms with van der Waals surface area (Å²) in [6.45, 7) is 0.472. The fourth-order valence-electron chi connectivity index (χ4n) is 3.29. The van der Waals surface area contributed by atoms with Gasteiger partial charge in [-0.25, -0.2) is 8.42 Å². The van der Waals surface area contributed by atoms with Gasteiger partial charge >= 0.3 is 5.97 Å². The van der Waals surface area contributed by atoms with E-state index in [0.29, 0.717) is 36.3 Å². The Morgan fingerprint density at radius 2 is 1.77 bits per heavy atom. The van der Waals surface area contributed by atoms with Gasteiger partial charge in [-0.15, -0.1) is 0 Å². The minimum atomic E-state index is -3.71. The van der Waals surface area contributed by atoms with Gasteiger partial charge in [-0.3, -0.25) is 9.59 Å². The molecule has 2 N–H and O–H groups in total. The van der Waals surface area contributed by atoms with Gasteiger partial charge in [-0.05, 0) is 54.8 Å². The van der Waals surface area contributed by atoms with Crippen molar-refractivity contribution in [2.45, 2.75) is 24.3 Å². The average molecular weight is 432 g/mol. The summed E-state index contributed by atoms with van der Waals surface area (Å²) < 4.78 is 37.6. The molecule has 160 valence electrons. The zero-order valence-electron chi connectivity index (χ0n) is 16.6. The van der Waals surface area contributed by atoms with E-state index in [1.807, 2.05) is 0 Å².